The number of nitrogens with zero attached hydrogens (tertiary/aromatic N) is 4. The Balaban J connectivity index is 1.67. The van der Waals surface area contributed by atoms with Gasteiger partial charge in [0.15, 0.2) is 0 Å². The predicted octanol–water partition coefficient (Wildman–Crippen LogP) is 4.31. The highest BCUT2D eigenvalue weighted by Crippen LogP contribution is 2.26. The summed E-state index contributed by atoms with van der Waals surface area (Å²) in [5.74, 6) is 1.07. The monoisotopic (exact) mass is 359 g/mol. The van der Waals surface area contributed by atoms with E-state index in [0.29, 0.717) is 0 Å². The van der Waals surface area contributed by atoms with Crippen LogP contribution in [0.25, 0.3) is 11.0 Å². The van der Waals surface area contributed by atoms with E-state index in [4.69, 9.17) is 4.98 Å². The third-order valence-corrected chi connectivity index (χ3v) is 4.94. The fourth-order valence-electron chi connectivity index (χ4n) is 3.65. The lowest BCUT2D eigenvalue weighted by Crippen LogP contribution is -2.21. The summed E-state index contributed by atoms with van der Waals surface area (Å²) in [5.41, 5.74) is 5.64. The first-order valence-electron chi connectivity index (χ1n) is 9.32. The number of aromatic amines is 1. The quantitative estimate of drug-likeness (QED) is 0.558. The van der Waals surface area contributed by atoms with Gasteiger partial charge in [-0.2, -0.15) is 5.10 Å². The highest BCUT2D eigenvalue weighted by atomic mass is 15.2. The molecule has 0 aliphatic rings. The van der Waals surface area contributed by atoms with Gasteiger partial charge < -0.3 is 4.57 Å². The van der Waals surface area contributed by atoms with Crippen molar-refractivity contribution in [2.24, 2.45) is 0 Å². The lowest BCUT2D eigenvalue weighted by Gasteiger charge is -2.21. The molecule has 4 rings (SSSR count). The fraction of sp³-hybridized carbons (Fsp3) is 0.273. The molecule has 0 aliphatic heterocycles. The van der Waals surface area contributed by atoms with Gasteiger partial charge in [0.25, 0.3) is 0 Å². The summed E-state index contributed by atoms with van der Waals surface area (Å²) in [6, 6.07) is 21.3. The van der Waals surface area contributed by atoms with Gasteiger partial charge in [0, 0.05) is 12.2 Å². The molecule has 0 amide bonds. The van der Waals surface area contributed by atoms with Gasteiger partial charge in [0.1, 0.15) is 5.82 Å². The Morgan fingerprint density at radius 2 is 1.78 bits per heavy atom. The second-order valence-corrected chi connectivity index (χ2v) is 7.19. The minimum absolute atomic E-state index is 0.217. The summed E-state index contributed by atoms with van der Waals surface area (Å²) >= 11 is 0. The van der Waals surface area contributed by atoms with Crippen LogP contribution >= 0.6 is 0 Å². The van der Waals surface area contributed by atoms with E-state index in [1.165, 1.54) is 11.1 Å². The molecule has 1 unspecified atom stereocenters. The molecule has 0 saturated heterocycles. The highest BCUT2D eigenvalue weighted by molar-refractivity contribution is 5.76. The van der Waals surface area contributed by atoms with Gasteiger partial charge >= 0.3 is 0 Å². The Morgan fingerprint density at radius 1 is 1.04 bits per heavy atom. The van der Waals surface area contributed by atoms with E-state index >= 15 is 0 Å². The van der Waals surface area contributed by atoms with E-state index in [-0.39, 0.29) is 6.04 Å². The molecule has 2 aromatic carbocycles. The van der Waals surface area contributed by atoms with E-state index < -0.39 is 0 Å². The smallest absolute Gasteiger partial charge is 0.124 e. The lowest BCUT2D eigenvalue weighted by atomic mass is 10.1. The average molecular weight is 359 g/mol. The molecule has 1 N–H and O–H groups in total. The molecule has 0 fully saturated rings. The van der Waals surface area contributed by atoms with Crippen molar-refractivity contribution < 1.29 is 0 Å². The van der Waals surface area contributed by atoms with Crippen LogP contribution in [0.2, 0.25) is 0 Å². The largest absolute Gasteiger partial charge is 0.320 e. The van der Waals surface area contributed by atoms with Crippen LogP contribution in [0, 0.1) is 6.92 Å². The summed E-state index contributed by atoms with van der Waals surface area (Å²) in [5, 5.41) is 7.36. The number of fused-ring (bicyclic) bond motifs is 1. The standard InChI is InChI=1S/C22H25N5/c1-16-13-19(25-24-16)14-26(3)15-22-23-20-11-7-8-12-21(20)27(22)17(2)18-9-5-4-6-10-18/h4-13,17H,14-15H2,1-3H3,(H,24,25). The molecule has 27 heavy (non-hydrogen) atoms. The third-order valence-electron chi connectivity index (χ3n) is 4.94. The summed E-state index contributed by atoms with van der Waals surface area (Å²) in [4.78, 5) is 7.19. The average Bonchev–Trinajstić information content (AvgIpc) is 3.24. The normalized spacial score (nSPS) is 12.7. The van der Waals surface area contributed by atoms with E-state index in [2.05, 4.69) is 88.2 Å². The van der Waals surface area contributed by atoms with Gasteiger partial charge in [-0.1, -0.05) is 42.5 Å². The first-order chi connectivity index (χ1) is 13.1. The Kier molecular flexibility index (Phi) is 4.77. The van der Waals surface area contributed by atoms with Crippen molar-refractivity contribution in [1.29, 1.82) is 0 Å². The predicted molar refractivity (Wildman–Crippen MR) is 108 cm³/mol. The maximum absolute atomic E-state index is 4.94. The minimum Gasteiger partial charge on any atom is -0.320 e. The van der Waals surface area contributed by atoms with Crippen LogP contribution in [-0.2, 0) is 13.1 Å². The molecular weight excluding hydrogens is 334 g/mol. The van der Waals surface area contributed by atoms with E-state index in [1.54, 1.807) is 0 Å². The summed E-state index contributed by atoms with van der Waals surface area (Å²) in [6.45, 7) is 5.81. The van der Waals surface area contributed by atoms with Crippen molar-refractivity contribution in [2.75, 3.05) is 7.05 Å². The Labute approximate surface area is 159 Å². The lowest BCUT2D eigenvalue weighted by molar-refractivity contribution is 0.300. The number of aryl methyl sites for hydroxylation is 1. The van der Waals surface area contributed by atoms with Crippen LogP contribution in [0.15, 0.2) is 60.7 Å². The summed E-state index contributed by atoms with van der Waals surface area (Å²) in [6.07, 6.45) is 0. The molecule has 0 aliphatic carbocycles. The molecule has 0 radical (unpaired) electrons. The number of hydrogen-bond acceptors (Lipinski definition) is 3. The molecule has 4 aromatic rings. The Bertz CT molecular complexity index is 1030. The Morgan fingerprint density at radius 3 is 2.52 bits per heavy atom. The fourth-order valence-corrected chi connectivity index (χ4v) is 3.65. The Hall–Kier alpha value is -2.92. The number of benzene rings is 2. The molecule has 0 bridgehead atoms. The number of imidazole rings is 1. The SMILES string of the molecule is Cc1cc(CN(C)Cc2nc3ccccc3n2C(C)c2ccccc2)n[nH]1. The van der Waals surface area contributed by atoms with Gasteiger partial charge in [0.05, 0.1) is 29.3 Å². The minimum atomic E-state index is 0.217. The first kappa shape index (κ1) is 17.5. The van der Waals surface area contributed by atoms with Crippen molar-refractivity contribution in [1.82, 2.24) is 24.6 Å². The number of aromatic nitrogens is 4. The molecule has 138 valence electrons. The molecule has 0 saturated carbocycles. The van der Waals surface area contributed by atoms with Gasteiger partial charge in [0.2, 0.25) is 0 Å². The second kappa shape index (κ2) is 7.37. The maximum Gasteiger partial charge on any atom is 0.124 e. The van der Waals surface area contributed by atoms with Gasteiger partial charge in [-0.3, -0.25) is 10.00 Å². The molecule has 1 atom stereocenters. The number of para-hydroxylation sites is 2. The van der Waals surface area contributed by atoms with E-state index in [9.17, 15) is 0 Å². The van der Waals surface area contributed by atoms with Gasteiger partial charge in [-0.05, 0) is 44.7 Å². The molecular formula is C22H25N5. The third kappa shape index (κ3) is 3.64. The zero-order valence-electron chi connectivity index (χ0n) is 16.1. The second-order valence-electron chi connectivity index (χ2n) is 7.19. The summed E-state index contributed by atoms with van der Waals surface area (Å²) in [7, 11) is 2.11. The molecule has 0 spiro atoms. The van der Waals surface area contributed by atoms with E-state index in [1.807, 2.05) is 13.0 Å². The highest BCUT2D eigenvalue weighted by Gasteiger charge is 2.18. The molecule has 5 nitrogen and oxygen atoms in total. The topological polar surface area (TPSA) is 49.7 Å². The zero-order chi connectivity index (χ0) is 18.8. The number of H-pyrrole nitrogens is 1. The van der Waals surface area contributed by atoms with Crippen molar-refractivity contribution in [3.8, 4) is 0 Å². The van der Waals surface area contributed by atoms with Crippen LogP contribution in [-0.4, -0.2) is 31.7 Å². The van der Waals surface area contributed by atoms with Crippen molar-refractivity contribution in [2.45, 2.75) is 33.0 Å². The molecule has 2 heterocycles. The first-order valence-corrected chi connectivity index (χ1v) is 9.32. The molecule has 2 aromatic heterocycles. The van der Waals surface area contributed by atoms with Crippen LogP contribution in [0.4, 0.5) is 0 Å². The van der Waals surface area contributed by atoms with Crippen molar-refractivity contribution in [3.63, 3.8) is 0 Å². The van der Waals surface area contributed by atoms with Crippen LogP contribution in [0.1, 0.15) is 35.7 Å². The summed E-state index contributed by atoms with van der Waals surface area (Å²) < 4.78 is 2.36. The van der Waals surface area contributed by atoms with Gasteiger partial charge in [-0.15, -0.1) is 0 Å². The number of hydrogen-bond donors (Lipinski definition) is 1. The number of rotatable bonds is 6. The van der Waals surface area contributed by atoms with Gasteiger partial charge in [-0.25, -0.2) is 4.98 Å². The van der Waals surface area contributed by atoms with Crippen molar-refractivity contribution in [3.05, 3.63) is 83.4 Å². The van der Waals surface area contributed by atoms with E-state index in [0.717, 1.165) is 35.8 Å². The van der Waals surface area contributed by atoms with Crippen molar-refractivity contribution >= 4 is 11.0 Å². The maximum atomic E-state index is 4.94. The zero-order valence-corrected chi connectivity index (χ0v) is 16.1. The van der Waals surface area contributed by atoms with Crippen LogP contribution < -0.4 is 0 Å². The molecule has 5 heteroatoms. The van der Waals surface area contributed by atoms with Crippen LogP contribution in [0.3, 0.4) is 0 Å². The van der Waals surface area contributed by atoms with Crippen LogP contribution in [0.5, 0.6) is 0 Å². The number of nitrogens with one attached hydrogen (secondary N) is 1.